The smallest absolute Gasteiger partial charge is 0.319 e. The van der Waals surface area contributed by atoms with Crippen LogP contribution in [0.1, 0.15) is 19.4 Å². The number of rotatable bonds is 6. The minimum Gasteiger partial charge on any atom is -0.489 e. The first kappa shape index (κ1) is 16.8. The number of hydrogen-bond acceptors (Lipinski definition) is 2. The zero-order chi connectivity index (χ0) is 16.7. The van der Waals surface area contributed by atoms with Gasteiger partial charge < -0.3 is 15.4 Å². The fraction of sp³-hybridized carbons (Fsp3) is 0.278. The summed E-state index contributed by atoms with van der Waals surface area (Å²) in [6, 6.07) is 13.4. The van der Waals surface area contributed by atoms with Crippen LogP contribution in [0, 0.1) is 5.82 Å². The van der Waals surface area contributed by atoms with Crippen LogP contribution in [-0.2, 0) is 6.42 Å². The second-order valence-corrected chi connectivity index (χ2v) is 5.39. The van der Waals surface area contributed by atoms with Gasteiger partial charge >= 0.3 is 6.03 Å². The van der Waals surface area contributed by atoms with Crippen LogP contribution in [0.2, 0.25) is 0 Å². The first-order chi connectivity index (χ1) is 11.1. The van der Waals surface area contributed by atoms with Crippen LogP contribution in [0.3, 0.4) is 0 Å². The number of para-hydroxylation sites is 2. The van der Waals surface area contributed by atoms with E-state index >= 15 is 0 Å². The molecule has 2 aromatic carbocycles. The van der Waals surface area contributed by atoms with Crippen molar-refractivity contribution in [1.82, 2.24) is 5.32 Å². The maximum absolute atomic E-state index is 13.5. The van der Waals surface area contributed by atoms with Crippen LogP contribution in [0.25, 0.3) is 0 Å². The maximum atomic E-state index is 13.5. The van der Waals surface area contributed by atoms with Crippen LogP contribution < -0.4 is 15.4 Å². The Morgan fingerprint density at radius 3 is 2.57 bits per heavy atom. The van der Waals surface area contributed by atoms with Crippen LogP contribution in [-0.4, -0.2) is 18.7 Å². The standard InChI is InChI=1S/C18H21FN2O2/c1-13(2)23-17-10-6-5-9-16(17)21-18(22)20-12-11-14-7-3-4-8-15(14)19/h3-10,13H,11-12H2,1-2H3,(H2,20,21,22). The number of carbonyl (C=O) groups is 1. The number of hydrogen-bond donors (Lipinski definition) is 2. The van der Waals surface area contributed by atoms with E-state index in [2.05, 4.69) is 10.6 Å². The zero-order valence-corrected chi connectivity index (χ0v) is 13.3. The van der Waals surface area contributed by atoms with Crippen molar-refractivity contribution in [3.8, 4) is 5.75 Å². The number of carbonyl (C=O) groups excluding carboxylic acids is 1. The lowest BCUT2D eigenvalue weighted by molar-refractivity contribution is 0.241. The zero-order valence-electron chi connectivity index (χ0n) is 13.3. The molecule has 2 N–H and O–H groups in total. The summed E-state index contributed by atoms with van der Waals surface area (Å²) < 4.78 is 19.1. The van der Waals surface area contributed by atoms with Gasteiger partial charge in [-0.1, -0.05) is 30.3 Å². The number of nitrogens with one attached hydrogen (secondary N) is 2. The van der Waals surface area contributed by atoms with Gasteiger partial charge in [-0.25, -0.2) is 9.18 Å². The SMILES string of the molecule is CC(C)Oc1ccccc1NC(=O)NCCc1ccccc1F. The van der Waals surface area contributed by atoms with Crippen molar-refractivity contribution >= 4 is 11.7 Å². The predicted molar refractivity (Wildman–Crippen MR) is 89.3 cm³/mol. The molecule has 23 heavy (non-hydrogen) atoms. The minimum atomic E-state index is -0.346. The molecule has 0 atom stereocenters. The van der Waals surface area contributed by atoms with Crippen molar-refractivity contribution in [3.63, 3.8) is 0 Å². The van der Waals surface area contributed by atoms with Gasteiger partial charge in [0.25, 0.3) is 0 Å². The van der Waals surface area contributed by atoms with Crippen molar-refractivity contribution in [3.05, 3.63) is 59.9 Å². The molecule has 0 heterocycles. The molecular weight excluding hydrogens is 295 g/mol. The second-order valence-electron chi connectivity index (χ2n) is 5.39. The third-order valence-corrected chi connectivity index (χ3v) is 3.14. The number of benzene rings is 2. The molecule has 2 aromatic rings. The summed E-state index contributed by atoms with van der Waals surface area (Å²) in [6.45, 7) is 4.19. The molecule has 5 heteroatoms. The molecule has 0 saturated heterocycles. The average molecular weight is 316 g/mol. The van der Waals surface area contributed by atoms with Gasteiger partial charge in [0, 0.05) is 6.54 Å². The summed E-state index contributed by atoms with van der Waals surface area (Å²) >= 11 is 0. The summed E-state index contributed by atoms with van der Waals surface area (Å²) in [5, 5.41) is 5.46. The molecule has 122 valence electrons. The Bertz CT molecular complexity index is 659. The lowest BCUT2D eigenvalue weighted by Gasteiger charge is -2.15. The van der Waals surface area contributed by atoms with Crippen molar-refractivity contribution in [2.24, 2.45) is 0 Å². The Labute approximate surface area is 135 Å². The lowest BCUT2D eigenvalue weighted by Crippen LogP contribution is -2.30. The fourth-order valence-corrected chi connectivity index (χ4v) is 2.10. The maximum Gasteiger partial charge on any atom is 0.319 e. The topological polar surface area (TPSA) is 50.4 Å². The molecule has 0 aromatic heterocycles. The Hall–Kier alpha value is -2.56. The van der Waals surface area contributed by atoms with E-state index in [1.54, 1.807) is 30.3 Å². The number of anilines is 1. The third-order valence-electron chi connectivity index (χ3n) is 3.14. The molecule has 0 fully saturated rings. The van der Waals surface area contributed by atoms with E-state index in [0.29, 0.717) is 30.0 Å². The van der Waals surface area contributed by atoms with Gasteiger partial charge in [0.15, 0.2) is 0 Å². The first-order valence-electron chi connectivity index (χ1n) is 7.60. The van der Waals surface area contributed by atoms with E-state index in [9.17, 15) is 9.18 Å². The monoisotopic (exact) mass is 316 g/mol. The second kappa shape index (κ2) is 8.17. The van der Waals surface area contributed by atoms with Crippen LogP contribution in [0.5, 0.6) is 5.75 Å². The van der Waals surface area contributed by atoms with E-state index in [-0.39, 0.29) is 18.0 Å². The average Bonchev–Trinajstić information content (AvgIpc) is 2.51. The first-order valence-corrected chi connectivity index (χ1v) is 7.60. The normalized spacial score (nSPS) is 10.4. The molecule has 2 rings (SSSR count). The summed E-state index contributed by atoms with van der Waals surface area (Å²) in [6.07, 6.45) is 0.451. The van der Waals surface area contributed by atoms with Crippen LogP contribution in [0.15, 0.2) is 48.5 Å². The Balaban J connectivity index is 1.87. The highest BCUT2D eigenvalue weighted by Crippen LogP contribution is 2.24. The molecule has 4 nitrogen and oxygen atoms in total. The Morgan fingerprint density at radius 1 is 1.13 bits per heavy atom. The van der Waals surface area contributed by atoms with Gasteiger partial charge in [-0.15, -0.1) is 0 Å². The number of urea groups is 1. The van der Waals surface area contributed by atoms with Gasteiger partial charge in [-0.3, -0.25) is 0 Å². The molecule has 0 bridgehead atoms. The Kier molecular flexibility index (Phi) is 5.97. The van der Waals surface area contributed by atoms with Gasteiger partial charge in [0.05, 0.1) is 11.8 Å². The van der Waals surface area contributed by atoms with Gasteiger partial charge in [-0.2, -0.15) is 0 Å². The van der Waals surface area contributed by atoms with Gasteiger partial charge in [-0.05, 0) is 44.0 Å². The highest BCUT2D eigenvalue weighted by atomic mass is 19.1. The van der Waals surface area contributed by atoms with Crippen LogP contribution in [0.4, 0.5) is 14.9 Å². The largest absolute Gasteiger partial charge is 0.489 e. The fourth-order valence-electron chi connectivity index (χ4n) is 2.10. The lowest BCUT2D eigenvalue weighted by atomic mass is 10.1. The quantitative estimate of drug-likeness (QED) is 0.847. The van der Waals surface area contributed by atoms with E-state index < -0.39 is 0 Å². The number of halogens is 1. The molecule has 0 saturated carbocycles. The summed E-state index contributed by atoms with van der Waals surface area (Å²) in [7, 11) is 0. The van der Waals surface area contributed by atoms with Crippen molar-refractivity contribution in [2.75, 3.05) is 11.9 Å². The van der Waals surface area contributed by atoms with Crippen LogP contribution >= 0.6 is 0 Å². The molecular formula is C18H21FN2O2. The molecule has 0 radical (unpaired) electrons. The van der Waals surface area contributed by atoms with E-state index in [0.717, 1.165) is 0 Å². The number of amides is 2. The van der Waals surface area contributed by atoms with E-state index in [1.807, 2.05) is 26.0 Å². The van der Waals surface area contributed by atoms with Gasteiger partial charge in [0.2, 0.25) is 0 Å². The Morgan fingerprint density at radius 2 is 1.83 bits per heavy atom. The molecule has 0 aliphatic carbocycles. The predicted octanol–water partition coefficient (Wildman–Crippen LogP) is 3.98. The molecule has 0 aliphatic rings. The molecule has 0 spiro atoms. The number of ether oxygens (including phenoxy) is 1. The summed E-state index contributed by atoms with van der Waals surface area (Å²) in [4.78, 5) is 12.0. The highest BCUT2D eigenvalue weighted by Gasteiger charge is 2.08. The van der Waals surface area contributed by atoms with E-state index in [4.69, 9.17) is 4.74 Å². The molecule has 0 unspecified atom stereocenters. The van der Waals surface area contributed by atoms with Crippen molar-refractivity contribution in [2.45, 2.75) is 26.4 Å². The van der Waals surface area contributed by atoms with Crippen molar-refractivity contribution < 1.29 is 13.9 Å². The highest BCUT2D eigenvalue weighted by molar-refractivity contribution is 5.90. The van der Waals surface area contributed by atoms with E-state index in [1.165, 1.54) is 6.07 Å². The summed E-state index contributed by atoms with van der Waals surface area (Å²) in [5.74, 6) is 0.358. The van der Waals surface area contributed by atoms with Gasteiger partial charge in [0.1, 0.15) is 11.6 Å². The molecule has 0 aliphatic heterocycles. The summed E-state index contributed by atoms with van der Waals surface area (Å²) in [5.41, 5.74) is 1.18. The van der Waals surface area contributed by atoms with Crippen molar-refractivity contribution in [1.29, 1.82) is 0 Å². The minimum absolute atomic E-state index is 0.0158. The third kappa shape index (κ3) is 5.29. The molecule has 2 amide bonds.